The zero-order chi connectivity index (χ0) is 14.2. The van der Waals surface area contributed by atoms with Gasteiger partial charge >= 0.3 is 0 Å². The van der Waals surface area contributed by atoms with Crippen molar-refractivity contribution >= 4 is 0 Å². The highest BCUT2D eigenvalue weighted by Gasteiger charge is 2.58. The summed E-state index contributed by atoms with van der Waals surface area (Å²) in [7, 11) is 0. The van der Waals surface area contributed by atoms with Gasteiger partial charge in [0.05, 0.1) is 17.6 Å². The van der Waals surface area contributed by atoms with Crippen LogP contribution in [0, 0.1) is 0 Å². The number of rotatable bonds is 0. The number of hydrogen-bond donors (Lipinski definition) is 2. The van der Waals surface area contributed by atoms with Gasteiger partial charge < -0.3 is 19.7 Å². The Hall–Kier alpha value is -1.56. The molecule has 1 unspecified atom stereocenters. The van der Waals surface area contributed by atoms with E-state index in [9.17, 15) is 10.2 Å². The Balaban J connectivity index is 1.76. The van der Waals surface area contributed by atoms with Crippen LogP contribution < -0.4 is 9.47 Å². The average Bonchev–Trinajstić information content (AvgIpc) is 2.99. The fraction of sp³-hybridized carbons (Fsp3) is 0.500. The quantitative estimate of drug-likeness (QED) is 0.682. The van der Waals surface area contributed by atoms with Crippen LogP contribution in [-0.2, 0) is 12.0 Å². The molecular formula is C16H17NO4. The van der Waals surface area contributed by atoms with E-state index in [4.69, 9.17) is 9.47 Å². The van der Waals surface area contributed by atoms with Crippen LogP contribution >= 0.6 is 0 Å². The Kier molecular flexibility index (Phi) is 2.17. The van der Waals surface area contributed by atoms with Crippen LogP contribution in [0.4, 0.5) is 0 Å². The van der Waals surface area contributed by atoms with E-state index >= 15 is 0 Å². The number of ether oxygens (including phenoxy) is 2. The molecule has 5 heteroatoms. The molecule has 1 fully saturated rings. The van der Waals surface area contributed by atoms with E-state index in [2.05, 4.69) is 4.90 Å². The summed E-state index contributed by atoms with van der Waals surface area (Å²) in [6.07, 6.45) is 3.63. The third-order valence-electron chi connectivity index (χ3n) is 5.45. The van der Waals surface area contributed by atoms with Crippen molar-refractivity contribution in [1.29, 1.82) is 0 Å². The summed E-state index contributed by atoms with van der Waals surface area (Å²) in [6.45, 7) is 1.69. The summed E-state index contributed by atoms with van der Waals surface area (Å²) in [4.78, 5) is 2.28. The zero-order valence-corrected chi connectivity index (χ0v) is 11.5. The largest absolute Gasteiger partial charge is 0.454 e. The molecule has 5 rings (SSSR count). The summed E-state index contributed by atoms with van der Waals surface area (Å²) < 4.78 is 11.0. The van der Waals surface area contributed by atoms with Gasteiger partial charge in [-0.15, -0.1) is 0 Å². The highest BCUT2D eigenvalue weighted by Crippen LogP contribution is 2.53. The number of fused-ring (bicyclic) bond motifs is 2. The van der Waals surface area contributed by atoms with E-state index in [1.165, 1.54) is 5.56 Å². The molecule has 1 aliphatic carbocycles. The lowest BCUT2D eigenvalue weighted by Crippen LogP contribution is -2.52. The van der Waals surface area contributed by atoms with Gasteiger partial charge in [0.1, 0.15) is 0 Å². The van der Waals surface area contributed by atoms with E-state index in [1.54, 1.807) is 0 Å². The topological polar surface area (TPSA) is 62.2 Å². The molecule has 2 bridgehead atoms. The average molecular weight is 287 g/mol. The molecule has 0 spiro atoms. The first-order valence-electron chi connectivity index (χ1n) is 7.41. The predicted molar refractivity (Wildman–Crippen MR) is 74.2 cm³/mol. The third kappa shape index (κ3) is 1.36. The fourth-order valence-corrected chi connectivity index (χ4v) is 4.53. The highest BCUT2D eigenvalue weighted by atomic mass is 16.7. The Bertz CT molecular complexity index is 658. The second-order valence-electron chi connectivity index (χ2n) is 6.42. The van der Waals surface area contributed by atoms with Gasteiger partial charge in [-0.1, -0.05) is 12.2 Å². The van der Waals surface area contributed by atoms with Crippen molar-refractivity contribution in [2.75, 3.05) is 13.3 Å². The molecule has 1 aromatic rings. The second kappa shape index (κ2) is 3.80. The molecule has 2 N–H and O–H groups in total. The lowest BCUT2D eigenvalue weighted by Gasteiger charge is -2.45. The summed E-state index contributed by atoms with van der Waals surface area (Å²) in [6, 6.07) is 4.22. The fourth-order valence-electron chi connectivity index (χ4n) is 4.53. The van der Waals surface area contributed by atoms with E-state index in [-0.39, 0.29) is 12.8 Å². The maximum atomic E-state index is 10.7. The minimum absolute atomic E-state index is 0.153. The molecule has 110 valence electrons. The molecule has 0 radical (unpaired) electrons. The van der Waals surface area contributed by atoms with Crippen LogP contribution in [-0.4, -0.2) is 46.7 Å². The highest BCUT2D eigenvalue weighted by molar-refractivity contribution is 5.56. The Labute approximate surface area is 122 Å². The number of benzene rings is 1. The molecule has 0 saturated carbocycles. The van der Waals surface area contributed by atoms with Crippen molar-refractivity contribution in [2.24, 2.45) is 0 Å². The van der Waals surface area contributed by atoms with E-state index in [0.29, 0.717) is 13.0 Å². The Morgan fingerprint density at radius 3 is 2.86 bits per heavy atom. The van der Waals surface area contributed by atoms with Gasteiger partial charge in [0, 0.05) is 19.1 Å². The summed E-state index contributed by atoms with van der Waals surface area (Å²) in [5.41, 5.74) is 1.89. The number of aliphatic hydroxyl groups excluding tert-OH is 2. The van der Waals surface area contributed by atoms with E-state index < -0.39 is 17.6 Å². The molecule has 21 heavy (non-hydrogen) atoms. The lowest BCUT2D eigenvalue weighted by atomic mass is 9.65. The molecule has 3 heterocycles. The maximum Gasteiger partial charge on any atom is 0.231 e. The zero-order valence-electron chi connectivity index (χ0n) is 11.5. The number of hydrogen-bond acceptors (Lipinski definition) is 5. The van der Waals surface area contributed by atoms with Crippen molar-refractivity contribution in [2.45, 2.75) is 36.6 Å². The van der Waals surface area contributed by atoms with Gasteiger partial charge in [0.25, 0.3) is 0 Å². The normalized spacial score (nSPS) is 41.8. The van der Waals surface area contributed by atoms with Gasteiger partial charge in [0.2, 0.25) is 6.79 Å². The van der Waals surface area contributed by atoms with Crippen molar-refractivity contribution in [3.05, 3.63) is 35.4 Å². The summed E-state index contributed by atoms with van der Waals surface area (Å²) in [5.74, 6) is 1.55. The first kappa shape index (κ1) is 12.0. The first-order chi connectivity index (χ1) is 10.2. The molecule has 5 atom stereocenters. The van der Waals surface area contributed by atoms with Crippen LogP contribution in [0.15, 0.2) is 24.3 Å². The van der Waals surface area contributed by atoms with Gasteiger partial charge in [-0.2, -0.15) is 0 Å². The van der Waals surface area contributed by atoms with Gasteiger partial charge in [0.15, 0.2) is 11.5 Å². The lowest BCUT2D eigenvalue weighted by molar-refractivity contribution is 0.0937. The molecule has 4 aliphatic rings. The van der Waals surface area contributed by atoms with Crippen molar-refractivity contribution in [3.63, 3.8) is 0 Å². The van der Waals surface area contributed by atoms with Crippen molar-refractivity contribution in [3.8, 4) is 11.5 Å². The molecule has 3 aliphatic heterocycles. The Morgan fingerprint density at radius 1 is 1.19 bits per heavy atom. The van der Waals surface area contributed by atoms with E-state index in [1.807, 2.05) is 24.3 Å². The van der Waals surface area contributed by atoms with Gasteiger partial charge in [-0.3, -0.25) is 4.90 Å². The number of aliphatic hydroxyl groups is 2. The first-order valence-corrected chi connectivity index (χ1v) is 7.41. The molecule has 1 saturated heterocycles. The van der Waals surface area contributed by atoms with Crippen molar-refractivity contribution < 1.29 is 19.7 Å². The minimum atomic E-state index is -0.451. The summed E-state index contributed by atoms with van der Waals surface area (Å²) in [5, 5.41) is 20.7. The molecule has 1 aromatic carbocycles. The standard InChI is InChI=1S/C16H17NO4/c18-10-1-2-16-11-5-13-12(20-8-21-13)3-9(11)6-17(7-15(16)19)14(16)4-10/h1-3,5,10,14-15,18-19H,4,6-8H2/t10-,14+,15+,16-/m0/s1. The van der Waals surface area contributed by atoms with Gasteiger partial charge in [-0.05, 0) is 29.7 Å². The van der Waals surface area contributed by atoms with Crippen LogP contribution in [0.2, 0.25) is 0 Å². The minimum Gasteiger partial charge on any atom is -0.454 e. The SMILES string of the molecule is O[C@@H]1CN2Cc3cc4c(cc3[C@]13C=C[C@H](O)C[C@@H]23)OCO4. The Morgan fingerprint density at radius 2 is 2.00 bits per heavy atom. The van der Waals surface area contributed by atoms with E-state index in [0.717, 1.165) is 23.6 Å². The van der Waals surface area contributed by atoms with Crippen molar-refractivity contribution in [1.82, 2.24) is 4.90 Å². The van der Waals surface area contributed by atoms with Crippen LogP contribution in [0.25, 0.3) is 0 Å². The maximum absolute atomic E-state index is 10.7. The predicted octanol–water partition coefficient (Wildman–Crippen LogP) is 0.533. The molecular weight excluding hydrogens is 270 g/mol. The van der Waals surface area contributed by atoms with Crippen LogP contribution in [0.3, 0.4) is 0 Å². The molecule has 0 amide bonds. The third-order valence-corrected chi connectivity index (χ3v) is 5.45. The smallest absolute Gasteiger partial charge is 0.231 e. The van der Waals surface area contributed by atoms with Crippen LogP contribution in [0.1, 0.15) is 17.5 Å². The monoisotopic (exact) mass is 287 g/mol. The van der Waals surface area contributed by atoms with Crippen LogP contribution in [0.5, 0.6) is 11.5 Å². The molecule has 0 aromatic heterocycles. The van der Waals surface area contributed by atoms with Gasteiger partial charge in [-0.25, -0.2) is 0 Å². The number of nitrogens with zero attached hydrogens (tertiary/aromatic N) is 1. The molecule has 5 nitrogen and oxygen atoms in total. The summed E-state index contributed by atoms with van der Waals surface area (Å²) >= 11 is 0. The second-order valence-corrected chi connectivity index (χ2v) is 6.42.